The summed E-state index contributed by atoms with van der Waals surface area (Å²) in [5, 5.41) is 9.91. The molecule has 1 aliphatic rings. The minimum absolute atomic E-state index is 0.204. The Kier molecular flexibility index (Phi) is 7.05. The lowest BCUT2D eigenvalue weighted by Crippen LogP contribution is -2.27. The average molecular weight is 552 g/mol. The lowest BCUT2D eigenvalue weighted by Gasteiger charge is -2.28. The zero-order chi connectivity index (χ0) is 25.2. The SMILES string of the molecule is Cc1ccc(COc2ccc3nc([C@H]4CCCC[C@H]4C(=O)O)n(Cc4ccc(Br)c(F)c4)c3c2)nc1. The fourth-order valence-electron chi connectivity index (χ4n) is 4.96. The topological polar surface area (TPSA) is 77.2 Å². The molecule has 2 aromatic carbocycles. The van der Waals surface area contributed by atoms with Gasteiger partial charge < -0.3 is 14.4 Å². The average Bonchev–Trinajstić information content (AvgIpc) is 3.23. The Balaban J connectivity index is 1.54. The van der Waals surface area contributed by atoms with Crippen LogP contribution in [0.1, 0.15) is 54.2 Å². The van der Waals surface area contributed by atoms with Gasteiger partial charge in [-0.15, -0.1) is 0 Å². The second-order valence-corrected chi connectivity index (χ2v) is 10.3. The van der Waals surface area contributed by atoms with E-state index in [0.29, 0.717) is 29.8 Å². The number of nitrogens with zero attached hydrogens (tertiary/aromatic N) is 3. The van der Waals surface area contributed by atoms with Gasteiger partial charge in [0.1, 0.15) is 24.0 Å². The summed E-state index contributed by atoms with van der Waals surface area (Å²) in [7, 11) is 0. The van der Waals surface area contributed by atoms with Gasteiger partial charge >= 0.3 is 5.97 Å². The molecule has 8 heteroatoms. The summed E-state index contributed by atoms with van der Waals surface area (Å²) in [6.45, 7) is 2.69. The van der Waals surface area contributed by atoms with E-state index < -0.39 is 11.9 Å². The number of hydrogen-bond donors (Lipinski definition) is 1. The molecular formula is C28H27BrFN3O3. The molecule has 186 valence electrons. The first-order valence-corrected chi connectivity index (χ1v) is 12.9. The number of hydrogen-bond acceptors (Lipinski definition) is 4. The standard InChI is InChI=1S/C28H27BrFN3O3/c1-17-6-8-19(31-14-17)16-36-20-9-11-25-26(13-20)33(15-18-7-10-23(29)24(30)12-18)27(32-25)21-4-2-3-5-22(21)28(34)35/h6-14,21-22H,2-5,15-16H2,1H3,(H,34,35)/t21-,22+/m0/s1. The predicted octanol–water partition coefficient (Wildman–Crippen LogP) is 6.63. The number of aryl methyl sites for hydroxylation is 1. The van der Waals surface area contributed by atoms with Crippen molar-refractivity contribution < 1.29 is 19.0 Å². The highest BCUT2D eigenvalue weighted by Crippen LogP contribution is 2.39. The van der Waals surface area contributed by atoms with E-state index >= 15 is 0 Å². The Labute approximate surface area is 217 Å². The van der Waals surface area contributed by atoms with E-state index in [1.165, 1.54) is 6.07 Å². The van der Waals surface area contributed by atoms with Gasteiger partial charge in [0.15, 0.2) is 0 Å². The maximum Gasteiger partial charge on any atom is 0.307 e. The summed E-state index contributed by atoms with van der Waals surface area (Å²) in [6.07, 6.45) is 5.06. The van der Waals surface area contributed by atoms with E-state index in [1.807, 2.05) is 54.1 Å². The largest absolute Gasteiger partial charge is 0.487 e. The molecule has 0 aliphatic heterocycles. The van der Waals surface area contributed by atoms with Crippen molar-refractivity contribution in [1.82, 2.24) is 14.5 Å². The number of carbonyl (C=O) groups is 1. The van der Waals surface area contributed by atoms with Crippen LogP contribution in [0.15, 0.2) is 59.2 Å². The molecule has 0 spiro atoms. The maximum absolute atomic E-state index is 14.3. The van der Waals surface area contributed by atoms with Gasteiger partial charge in [-0.3, -0.25) is 9.78 Å². The van der Waals surface area contributed by atoms with Crippen molar-refractivity contribution >= 4 is 32.9 Å². The van der Waals surface area contributed by atoms with Gasteiger partial charge in [-0.05, 0) is 77.2 Å². The highest BCUT2D eigenvalue weighted by atomic mass is 79.9. The number of imidazole rings is 1. The third kappa shape index (κ3) is 5.14. The van der Waals surface area contributed by atoms with Crippen LogP contribution in [0.4, 0.5) is 4.39 Å². The van der Waals surface area contributed by atoms with Crippen LogP contribution in [0.25, 0.3) is 11.0 Å². The summed E-state index contributed by atoms with van der Waals surface area (Å²) in [5.41, 5.74) is 4.28. The molecule has 5 rings (SSSR count). The summed E-state index contributed by atoms with van der Waals surface area (Å²) < 4.78 is 22.8. The minimum Gasteiger partial charge on any atom is -0.487 e. The fourth-order valence-corrected chi connectivity index (χ4v) is 5.20. The molecule has 0 amide bonds. The highest BCUT2D eigenvalue weighted by Gasteiger charge is 2.35. The summed E-state index contributed by atoms with van der Waals surface area (Å²) in [6, 6.07) is 14.7. The number of carboxylic acid groups (broad SMARTS) is 1. The highest BCUT2D eigenvalue weighted by molar-refractivity contribution is 9.10. The quantitative estimate of drug-likeness (QED) is 0.279. The molecule has 1 N–H and O–H groups in total. The van der Waals surface area contributed by atoms with Crippen molar-refractivity contribution in [2.24, 2.45) is 5.92 Å². The van der Waals surface area contributed by atoms with Crippen molar-refractivity contribution in [2.75, 3.05) is 0 Å². The number of halogens is 2. The number of carboxylic acids is 1. The van der Waals surface area contributed by atoms with Crippen LogP contribution in [0.3, 0.4) is 0 Å². The van der Waals surface area contributed by atoms with Gasteiger partial charge in [0.2, 0.25) is 0 Å². The molecular weight excluding hydrogens is 525 g/mol. The number of aliphatic carboxylic acids is 1. The Morgan fingerprint density at radius 1 is 1.17 bits per heavy atom. The van der Waals surface area contributed by atoms with E-state index in [4.69, 9.17) is 9.72 Å². The van der Waals surface area contributed by atoms with E-state index in [1.54, 1.807) is 6.07 Å². The molecule has 0 bridgehead atoms. The Bertz CT molecular complexity index is 1400. The first-order valence-electron chi connectivity index (χ1n) is 12.1. The van der Waals surface area contributed by atoms with Crippen LogP contribution in [-0.2, 0) is 17.9 Å². The molecule has 1 fully saturated rings. The molecule has 2 heterocycles. The predicted molar refractivity (Wildman–Crippen MR) is 139 cm³/mol. The van der Waals surface area contributed by atoms with Crippen LogP contribution in [0.5, 0.6) is 5.75 Å². The zero-order valence-corrected chi connectivity index (χ0v) is 21.5. The molecule has 0 radical (unpaired) electrons. The molecule has 0 unspecified atom stereocenters. The van der Waals surface area contributed by atoms with Crippen LogP contribution in [-0.4, -0.2) is 25.6 Å². The maximum atomic E-state index is 14.3. The lowest BCUT2D eigenvalue weighted by atomic mass is 9.78. The van der Waals surface area contributed by atoms with Crippen LogP contribution in [0.2, 0.25) is 0 Å². The smallest absolute Gasteiger partial charge is 0.307 e. The van der Waals surface area contributed by atoms with Crippen molar-refractivity contribution in [3.05, 3.63) is 87.7 Å². The Morgan fingerprint density at radius 2 is 2.00 bits per heavy atom. The first-order chi connectivity index (χ1) is 17.4. The summed E-state index contributed by atoms with van der Waals surface area (Å²) in [4.78, 5) is 21.4. The van der Waals surface area contributed by atoms with Crippen LogP contribution in [0, 0.1) is 18.7 Å². The lowest BCUT2D eigenvalue weighted by molar-refractivity contribution is -0.143. The van der Waals surface area contributed by atoms with Crippen LogP contribution >= 0.6 is 15.9 Å². The summed E-state index contributed by atoms with van der Waals surface area (Å²) in [5.74, 6) is -0.420. The molecule has 36 heavy (non-hydrogen) atoms. The number of ether oxygens (including phenoxy) is 1. The van der Waals surface area contributed by atoms with E-state index in [2.05, 4.69) is 20.9 Å². The number of rotatable bonds is 7. The number of pyridine rings is 1. The van der Waals surface area contributed by atoms with Crippen LogP contribution < -0.4 is 4.74 Å². The third-order valence-electron chi connectivity index (χ3n) is 6.85. The Hall–Kier alpha value is -3.26. The number of aromatic nitrogens is 3. The van der Waals surface area contributed by atoms with E-state index in [0.717, 1.165) is 52.9 Å². The molecule has 1 aliphatic carbocycles. The summed E-state index contributed by atoms with van der Waals surface area (Å²) >= 11 is 3.22. The Morgan fingerprint density at radius 3 is 2.75 bits per heavy atom. The van der Waals surface area contributed by atoms with Crippen molar-refractivity contribution in [2.45, 2.75) is 51.7 Å². The molecule has 0 saturated heterocycles. The van der Waals surface area contributed by atoms with Crippen molar-refractivity contribution in [3.63, 3.8) is 0 Å². The van der Waals surface area contributed by atoms with Crippen molar-refractivity contribution in [1.29, 1.82) is 0 Å². The first kappa shape index (κ1) is 24.4. The molecule has 6 nitrogen and oxygen atoms in total. The van der Waals surface area contributed by atoms with Crippen molar-refractivity contribution in [3.8, 4) is 5.75 Å². The van der Waals surface area contributed by atoms with Gasteiger partial charge in [-0.25, -0.2) is 9.37 Å². The zero-order valence-electron chi connectivity index (χ0n) is 20.0. The van der Waals surface area contributed by atoms with Gasteiger partial charge in [-0.2, -0.15) is 0 Å². The fraction of sp³-hybridized carbons (Fsp3) is 0.321. The third-order valence-corrected chi connectivity index (χ3v) is 7.49. The van der Waals surface area contributed by atoms with E-state index in [-0.39, 0.29) is 11.7 Å². The van der Waals surface area contributed by atoms with Gasteiger partial charge in [-0.1, -0.05) is 25.0 Å². The number of fused-ring (bicyclic) bond motifs is 1. The molecule has 4 aromatic rings. The molecule has 2 atom stereocenters. The number of benzene rings is 2. The van der Waals surface area contributed by atoms with Gasteiger partial charge in [0.25, 0.3) is 0 Å². The molecule has 2 aromatic heterocycles. The monoisotopic (exact) mass is 551 g/mol. The second-order valence-electron chi connectivity index (χ2n) is 9.41. The normalized spacial score (nSPS) is 17.9. The van der Waals surface area contributed by atoms with Gasteiger partial charge in [0, 0.05) is 24.7 Å². The molecule has 1 saturated carbocycles. The van der Waals surface area contributed by atoms with E-state index in [9.17, 15) is 14.3 Å². The second kappa shape index (κ2) is 10.4. The van der Waals surface area contributed by atoms with Gasteiger partial charge in [0.05, 0.1) is 27.1 Å². The minimum atomic E-state index is -0.789.